The maximum Gasteiger partial charge on any atom is 0.329 e. The molecule has 0 aromatic carbocycles. The first-order valence-corrected chi connectivity index (χ1v) is 9.01. The number of carbonyl (C=O) groups excluding carboxylic acids is 2. The molecule has 2 fully saturated rings. The van der Waals surface area contributed by atoms with Gasteiger partial charge in [0, 0.05) is 5.56 Å². The number of nitrogens with zero attached hydrogens (tertiary/aromatic N) is 1. The quantitative estimate of drug-likeness (QED) is 0.823. The van der Waals surface area contributed by atoms with Gasteiger partial charge in [0.2, 0.25) is 0 Å². The van der Waals surface area contributed by atoms with Crippen LogP contribution in [0.4, 0.5) is 4.79 Å². The Kier molecular flexibility index (Phi) is 4.49. The van der Waals surface area contributed by atoms with Crippen molar-refractivity contribution in [3.8, 4) is 0 Å². The van der Waals surface area contributed by atoms with Crippen LogP contribution in [-0.4, -0.2) is 36.1 Å². The van der Waals surface area contributed by atoms with Gasteiger partial charge >= 0.3 is 6.03 Å². The first-order chi connectivity index (χ1) is 10.6. The molecule has 1 saturated carbocycles. The average molecular weight is 322 g/mol. The Bertz CT molecular complexity index is 536. The number of hydrogen-bond acceptors (Lipinski definition) is 3. The molecule has 1 unspecified atom stereocenters. The summed E-state index contributed by atoms with van der Waals surface area (Å²) in [6, 6.07) is 1.88. The molecular formula is C16H24N3O2S+. The van der Waals surface area contributed by atoms with Gasteiger partial charge in [-0.3, -0.25) is 4.79 Å². The number of urea groups is 1. The molecule has 2 heterocycles. The maximum atomic E-state index is 12.8. The van der Waals surface area contributed by atoms with Crippen molar-refractivity contribution in [2.75, 3.05) is 13.7 Å². The second kappa shape index (κ2) is 6.38. The molecule has 2 aliphatic rings. The summed E-state index contributed by atoms with van der Waals surface area (Å²) in [5.41, 5.74) is 0.634. The van der Waals surface area contributed by atoms with E-state index in [-0.39, 0.29) is 11.9 Å². The van der Waals surface area contributed by atoms with E-state index in [1.807, 2.05) is 7.05 Å². The molecule has 1 aromatic heterocycles. The van der Waals surface area contributed by atoms with Crippen molar-refractivity contribution < 1.29 is 14.5 Å². The van der Waals surface area contributed by atoms with E-state index in [9.17, 15) is 9.59 Å². The third-order valence-corrected chi connectivity index (χ3v) is 5.45. The van der Waals surface area contributed by atoms with Gasteiger partial charge in [0.25, 0.3) is 5.91 Å². The zero-order valence-electron chi connectivity index (χ0n) is 13.1. The fraction of sp³-hybridized carbons (Fsp3) is 0.625. The van der Waals surface area contributed by atoms with Crippen LogP contribution in [-0.2, 0) is 11.3 Å². The highest BCUT2D eigenvalue weighted by molar-refractivity contribution is 7.07. The maximum absolute atomic E-state index is 12.8. The van der Waals surface area contributed by atoms with Crippen LogP contribution >= 0.6 is 11.3 Å². The van der Waals surface area contributed by atoms with Crippen LogP contribution in [0, 0.1) is 0 Å². The van der Waals surface area contributed by atoms with E-state index >= 15 is 0 Å². The number of thiophene rings is 1. The largest absolute Gasteiger partial charge is 0.329 e. The van der Waals surface area contributed by atoms with Crippen LogP contribution in [0.2, 0.25) is 0 Å². The normalized spacial score (nSPS) is 22.7. The fourth-order valence-electron chi connectivity index (χ4n) is 3.56. The van der Waals surface area contributed by atoms with Crippen LogP contribution in [0.15, 0.2) is 16.8 Å². The molecule has 3 rings (SSSR count). The van der Waals surface area contributed by atoms with Crippen LogP contribution in [0.5, 0.6) is 0 Å². The number of carbonyl (C=O) groups is 2. The van der Waals surface area contributed by atoms with E-state index in [1.54, 1.807) is 11.3 Å². The van der Waals surface area contributed by atoms with Gasteiger partial charge in [0.15, 0.2) is 6.67 Å². The lowest BCUT2D eigenvalue weighted by Crippen LogP contribution is -3.09. The minimum absolute atomic E-state index is 0.0101. The average Bonchev–Trinajstić information content (AvgIpc) is 2.97. The second-order valence-electron chi connectivity index (χ2n) is 6.58. The van der Waals surface area contributed by atoms with E-state index in [2.05, 4.69) is 22.1 Å². The summed E-state index contributed by atoms with van der Waals surface area (Å²) in [5.74, 6) is -0.0101. The van der Waals surface area contributed by atoms with E-state index in [4.69, 9.17) is 0 Å². The third kappa shape index (κ3) is 3.03. The van der Waals surface area contributed by atoms with Crippen LogP contribution < -0.4 is 10.2 Å². The van der Waals surface area contributed by atoms with Gasteiger partial charge in [0.1, 0.15) is 12.1 Å². The Morgan fingerprint density at radius 2 is 2.00 bits per heavy atom. The zero-order valence-corrected chi connectivity index (χ0v) is 13.9. The van der Waals surface area contributed by atoms with Crippen molar-refractivity contribution >= 4 is 23.3 Å². The summed E-state index contributed by atoms with van der Waals surface area (Å²) in [7, 11) is 2.02. The molecule has 1 saturated heterocycles. The Morgan fingerprint density at radius 3 is 2.64 bits per heavy atom. The third-order valence-electron chi connectivity index (χ3n) is 4.72. The number of rotatable bonds is 4. The monoisotopic (exact) mass is 322 g/mol. The van der Waals surface area contributed by atoms with E-state index in [0.717, 1.165) is 50.0 Å². The molecule has 1 aliphatic heterocycles. The number of quaternary nitrogens is 1. The summed E-state index contributed by atoms with van der Waals surface area (Å²) in [5, 5.41) is 7.17. The fourth-order valence-corrected chi connectivity index (χ4v) is 4.23. The molecule has 6 heteroatoms. The summed E-state index contributed by atoms with van der Waals surface area (Å²) in [6.07, 6.45) is 5.95. The number of imide groups is 1. The molecule has 1 spiro atoms. The first-order valence-electron chi connectivity index (χ1n) is 8.07. The molecule has 3 amide bonds. The van der Waals surface area contributed by atoms with E-state index in [0.29, 0.717) is 6.67 Å². The van der Waals surface area contributed by atoms with Gasteiger partial charge in [-0.05, 0) is 29.7 Å². The van der Waals surface area contributed by atoms with Crippen LogP contribution in [0.25, 0.3) is 0 Å². The lowest BCUT2D eigenvalue weighted by Gasteiger charge is -2.25. The van der Waals surface area contributed by atoms with Gasteiger partial charge in [-0.1, -0.05) is 25.7 Å². The molecule has 0 bridgehead atoms. The van der Waals surface area contributed by atoms with Gasteiger partial charge in [-0.25, -0.2) is 9.69 Å². The molecular weight excluding hydrogens is 298 g/mol. The summed E-state index contributed by atoms with van der Waals surface area (Å²) in [4.78, 5) is 27.7. The molecule has 5 nitrogen and oxygen atoms in total. The predicted octanol–water partition coefficient (Wildman–Crippen LogP) is 1.37. The molecule has 1 aromatic rings. The molecule has 1 aliphatic carbocycles. The highest BCUT2D eigenvalue weighted by Crippen LogP contribution is 2.32. The van der Waals surface area contributed by atoms with Gasteiger partial charge < -0.3 is 10.2 Å². The van der Waals surface area contributed by atoms with Gasteiger partial charge in [0.05, 0.1) is 7.05 Å². The SMILES string of the molecule is C[NH+](Cc1ccsc1)CN1C(=O)NC2(CCCCCC2)C1=O. The van der Waals surface area contributed by atoms with Gasteiger partial charge in [-0.15, -0.1) is 0 Å². The lowest BCUT2D eigenvalue weighted by atomic mass is 9.90. The highest BCUT2D eigenvalue weighted by atomic mass is 32.1. The number of amides is 3. The van der Waals surface area contributed by atoms with Crippen LogP contribution in [0.3, 0.4) is 0 Å². The minimum Gasteiger partial charge on any atom is -0.323 e. The first kappa shape index (κ1) is 15.5. The summed E-state index contributed by atoms with van der Waals surface area (Å²) in [6.45, 7) is 1.26. The van der Waals surface area contributed by atoms with Crippen molar-refractivity contribution in [3.63, 3.8) is 0 Å². The minimum atomic E-state index is -0.615. The van der Waals surface area contributed by atoms with Crippen molar-refractivity contribution in [2.45, 2.75) is 50.6 Å². The van der Waals surface area contributed by atoms with E-state index < -0.39 is 5.54 Å². The molecule has 0 radical (unpaired) electrons. The number of nitrogens with one attached hydrogen (secondary N) is 2. The molecule has 22 heavy (non-hydrogen) atoms. The zero-order chi connectivity index (χ0) is 15.6. The van der Waals surface area contributed by atoms with Crippen molar-refractivity contribution in [1.82, 2.24) is 10.2 Å². The van der Waals surface area contributed by atoms with Crippen molar-refractivity contribution in [1.29, 1.82) is 0 Å². The Balaban J connectivity index is 1.66. The Hall–Kier alpha value is -1.40. The van der Waals surface area contributed by atoms with Crippen molar-refractivity contribution in [3.05, 3.63) is 22.4 Å². The number of hydrogen-bond donors (Lipinski definition) is 2. The Labute approximate surface area is 135 Å². The predicted molar refractivity (Wildman–Crippen MR) is 85.6 cm³/mol. The smallest absolute Gasteiger partial charge is 0.323 e. The highest BCUT2D eigenvalue weighted by Gasteiger charge is 2.51. The lowest BCUT2D eigenvalue weighted by molar-refractivity contribution is -0.901. The Morgan fingerprint density at radius 1 is 1.27 bits per heavy atom. The van der Waals surface area contributed by atoms with Crippen LogP contribution in [0.1, 0.15) is 44.1 Å². The van der Waals surface area contributed by atoms with Gasteiger partial charge in [-0.2, -0.15) is 11.3 Å². The molecule has 1 atom stereocenters. The van der Waals surface area contributed by atoms with E-state index in [1.165, 1.54) is 10.5 Å². The van der Waals surface area contributed by atoms with Crippen molar-refractivity contribution in [2.24, 2.45) is 0 Å². The molecule has 120 valence electrons. The summed E-state index contributed by atoms with van der Waals surface area (Å²) < 4.78 is 0. The topological polar surface area (TPSA) is 53.9 Å². The molecule has 2 N–H and O–H groups in total. The standard InChI is InChI=1S/C16H23N3O2S/c1-18(10-13-6-9-22-11-13)12-19-14(20)16(17-15(19)21)7-4-2-3-5-8-16/h6,9,11H,2-5,7-8,10,12H2,1H3,(H,17,21)/p+1. The second-order valence-corrected chi connectivity index (χ2v) is 7.36. The summed E-state index contributed by atoms with van der Waals surface area (Å²) >= 11 is 1.67.